The van der Waals surface area contributed by atoms with Crippen molar-refractivity contribution in [3.63, 3.8) is 0 Å². The van der Waals surface area contributed by atoms with Gasteiger partial charge in [0.15, 0.2) is 0 Å². The smallest absolute Gasteiger partial charge is 0.305 e. The highest BCUT2D eigenvalue weighted by Gasteiger charge is 2.65. The van der Waals surface area contributed by atoms with Crippen LogP contribution in [0.2, 0.25) is 0 Å². The summed E-state index contributed by atoms with van der Waals surface area (Å²) < 4.78 is 10.4. The lowest BCUT2D eigenvalue weighted by molar-refractivity contribution is -0.209. The third kappa shape index (κ3) is 4.13. The van der Waals surface area contributed by atoms with E-state index in [-0.39, 0.29) is 40.9 Å². The zero-order chi connectivity index (χ0) is 24.1. The lowest BCUT2D eigenvalue weighted by Crippen LogP contribution is -2.62. The van der Waals surface area contributed by atoms with E-state index in [1.165, 1.54) is 14.0 Å². The van der Waals surface area contributed by atoms with E-state index in [1.807, 2.05) is 0 Å². The summed E-state index contributed by atoms with van der Waals surface area (Å²) in [5, 5.41) is 23.1. The van der Waals surface area contributed by atoms with Gasteiger partial charge in [-0.05, 0) is 97.7 Å². The maximum absolute atomic E-state index is 11.7. The molecule has 1 unspecified atom stereocenters. The first kappa shape index (κ1) is 25.0. The Labute approximate surface area is 198 Å². The molecule has 0 amide bonds. The minimum absolute atomic E-state index is 0.0466. The van der Waals surface area contributed by atoms with Gasteiger partial charge in [-0.15, -0.1) is 0 Å². The molecule has 0 aliphatic heterocycles. The van der Waals surface area contributed by atoms with Gasteiger partial charge in [-0.25, -0.2) is 0 Å². The second kappa shape index (κ2) is 9.14. The van der Waals surface area contributed by atoms with Crippen molar-refractivity contribution in [3.05, 3.63) is 0 Å². The summed E-state index contributed by atoms with van der Waals surface area (Å²) in [5.74, 6) is 1.41. The Morgan fingerprint density at radius 1 is 1.06 bits per heavy atom. The minimum atomic E-state index is -0.397. The molecule has 4 saturated carbocycles. The molecule has 6 nitrogen and oxygen atoms in total. The summed E-state index contributed by atoms with van der Waals surface area (Å²) in [7, 11) is 1.43. The van der Waals surface area contributed by atoms with Crippen LogP contribution in [0, 0.1) is 46.3 Å². The molecule has 6 heteroatoms. The molecule has 188 valence electrons. The first-order chi connectivity index (χ1) is 15.5. The van der Waals surface area contributed by atoms with Gasteiger partial charge in [0.05, 0.1) is 19.3 Å². The largest absolute Gasteiger partial charge is 0.469 e. The fraction of sp³-hybridized carbons (Fsp3) is 0.926. The first-order valence-corrected chi connectivity index (χ1v) is 13.1. The molecule has 0 bridgehead atoms. The van der Waals surface area contributed by atoms with Gasteiger partial charge in [-0.2, -0.15) is 0 Å². The average molecular weight is 465 g/mol. The molecule has 0 saturated heterocycles. The van der Waals surface area contributed by atoms with Crippen molar-refractivity contribution < 1.29 is 29.3 Å². The van der Waals surface area contributed by atoms with Crippen LogP contribution in [-0.4, -0.2) is 47.6 Å². The number of methoxy groups -OCH3 is 1. The maximum atomic E-state index is 11.7. The summed E-state index contributed by atoms with van der Waals surface area (Å²) in [5.41, 5.74) is -0.159. The Bertz CT molecular complexity index is 753. The van der Waals surface area contributed by atoms with Crippen LogP contribution >= 0.6 is 0 Å². The van der Waals surface area contributed by atoms with Crippen molar-refractivity contribution >= 4 is 11.9 Å². The van der Waals surface area contributed by atoms with E-state index in [0.717, 1.165) is 51.4 Å². The van der Waals surface area contributed by atoms with Crippen LogP contribution in [-0.2, 0) is 19.1 Å². The van der Waals surface area contributed by atoms with Crippen molar-refractivity contribution in [2.75, 3.05) is 7.11 Å². The van der Waals surface area contributed by atoms with Gasteiger partial charge < -0.3 is 19.7 Å². The van der Waals surface area contributed by atoms with Crippen molar-refractivity contribution in [1.29, 1.82) is 0 Å². The number of ether oxygens (including phenoxy) is 2. The van der Waals surface area contributed by atoms with Gasteiger partial charge in [0.1, 0.15) is 6.10 Å². The average Bonchev–Trinajstić information content (AvgIpc) is 3.11. The molecule has 0 heterocycles. The highest BCUT2D eigenvalue weighted by Crippen LogP contribution is 2.68. The quantitative estimate of drug-likeness (QED) is 0.595. The van der Waals surface area contributed by atoms with Crippen LogP contribution in [0.1, 0.15) is 85.5 Å². The Balaban J connectivity index is 1.54. The monoisotopic (exact) mass is 464 g/mol. The van der Waals surface area contributed by atoms with Crippen molar-refractivity contribution in [1.82, 2.24) is 0 Å². The maximum Gasteiger partial charge on any atom is 0.305 e. The van der Waals surface area contributed by atoms with Crippen LogP contribution in [0.15, 0.2) is 0 Å². The van der Waals surface area contributed by atoms with Gasteiger partial charge >= 0.3 is 11.9 Å². The Morgan fingerprint density at radius 3 is 2.45 bits per heavy atom. The number of fused-ring (bicyclic) bond motifs is 5. The van der Waals surface area contributed by atoms with E-state index in [1.54, 1.807) is 0 Å². The van der Waals surface area contributed by atoms with E-state index in [2.05, 4.69) is 20.8 Å². The van der Waals surface area contributed by atoms with Gasteiger partial charge in [-0.3, -0.25) is 9.59 Å². The standard InChI is InChI=1S/C27H44O6/c1-15(6-9-24(31)32-5)19-7-8-20-25-21(14-23(30)27(19,20)4)26(3)11-10-18(33-16(2)28)12-17(26)13-22(25)29/h15,17-23,25,29-30H,6-14H2,1-5H3/t15-,17?,18-,19-,20+,21+,22-,23+,25+,26+,27-/m1/s1. The molecule has 0 spiro atoms. The molecular formula is C27H44O6. The van der Waals surface area contributed by atoms with Crippen LogP contribution in [0.3, 0.4) is 0 Å². The van der Waals surface area contributed by atoms with E-state index >= 15 is 0 Å². The highest BCUT2D eigenvalue weighted by molar-refractivity contribution is 5.69. The third-order valence-electron chi connectivity index (χ3n) is 10.9. The summed E-state index contributed by atoms with van der Waals surface area (Å²) in [6.45, 7) is 8.31. The van der Waals surface area contributed by atoms with Crippen molar-refractivity contribution in [2.45, 2.75) is 104 Å². The number of carbonyl (C=O) groups excluding carboxylic acids is 2. The number of aliphatic hydroxyl groups excluding tert-OH is 2. The normalized spacial score (nSPS) is 47.6. The molecule has 0 aromatic carbocycles. The fourth-order valence-corrected chi connectivity index (χ4v) is 9.11. The molecule has 4 aliphatic carbocycles. The molecular weight excluding hydrogens is 420 g/mol. The minimum Gasteiger partial charge on any atom is -0.469 e. The van der Waals surface area contributed by atoms with Crippen LogP contribution in [0.5, 0.6) is 0 Å². The van der Waals surface area contributed by atoms with Crippen LogP contribution < -0.4 is 0 Å². The number of hydrogen-bond acceptors (Lipinski definition) is 6. The molecule has 0 aromatic rings. The zero-order valence-electron chi connectivity index (χ0n) is 21.1. The lowest BCUT2D eigenvalue weighted by atomic mass is 9.43. The highest BCUT2D eigenvalue weighted by atomic mass is 16.5. The van der Waals surface area contributed by atoms with E-state index < -0.39 is 6.10 Å². The van der Waals surface area contributed by atoms with Gasteiger partial charge in [0.2, 0.25) is 0 Å². The number of hydrogen-bond donors (Lipinski definition) is 2. The van der Waals surface area contributed by atoms with Gasteiger partial charge in [0, 0.05) is 13.3 Å². The SMILES string of the molecule is COC(=O)CC[C@@H](C)[C@H]1CC[C@H]2[C@@H]3[C@H](O)CC4C[C@H](OC(C)=O)CC[C@]4(C)[C@H]3C[C@H](O)[C@]12C. The first-order valence-electron chi connectivity index (χ1n) is 13.1. The Kier molecular flexibility index (Phi) is 6.92. The van der Waals surface area contributed by atoms with Crippen LogP contribution in [0.25, 0.3) is 0 Å². The van der Waals surface area contributed by atoms with Gasteiger partial charge in [-0.1, -0.05) is 20.8 Å². The molecule has 4 aliphatic rings. The molecule has 4 fully saturated rings. The van der Waals surface area contributed by atoms with Gasteiger partial charge in [0.25, 0.3) is 0 Å². The van der Waals surface area contributed by atoms with Crippen molar-refractivity contribution in [3.8, 4) is 0 Å². The van der Waals surface area contributed by atoms with Crippen LogP contribution in [0.4, 0.5) is 0 Å². The number of esters is 2. The number of rotatable bonds is 5. The van der Waals surface area contributed by atoms with E-state index in [0.29, 0.717) is 36.0 Å². The van der Waals surface area contributed by atoms with Crippen molar-refractivity contribution in [2.24, 2.45) is 46.3 Å². The molecule has 33 heavy (non-hydrogen) atoms. The molecule has 2 N–H and O–H groups in total. The number of aliphatic hydroxyl groups is 2. The Morgan fingerprint density at radius 2 is 1.79 bits per heavy atom. The Hall–Kier alpha value is -1.14. The predicted molar refractivity (Wildman–Crippen MR) is 124 cm³/mol. The summed E-state index contributed by atoms with van der Waals surface area (Å²) >= 11 is 0. The molecule has 4 rings (SSSR count). The summed E-state index contributed by atoms with van der Waals surface area (Å²) in [6, 6.07) is 0. The second-order valence-electron chi connectivity index (χ2n) is 12.2. The molecule has 11 atom stereocenters. The summed E-state index contributed by atoms with van der Waals surface area (Å²) in [4.78, 5) is 23.2. The predicted octanol–water partition coefficient (Wildman–Crippen LogP) is 4.11. The molecule has 0 aromatic heterocycles. The summed E-state index contributed by atoms with van der Waals surface area (Å²) in [6.07, 6.45) is 6.65. The zero-order valence-corrected chi connectivity index (χ0v) is 21.1. The lowest BCUT2D eigenvalue weighted by Gasteiger charge is -2.63. The topological polar surface area (TPSA) is 93.1 Å². The van der Waals surface area contributed by atoms with E-state index in [9.17, 15) is 19.8 Å². The van der Waals surface area contributed by atoms with E-state index in [4.69, 9.17) is 9.47 Å². The molecule has 0 radical (unpaired) electrons. The fourth-order valence-electron chi connectivity index (χ4n) is 9.11. The third-order valence-corrected chi connectivity index (χ3v) is 10.9. The number of carbonyl (C=O) groups is 2. The second-order valence-corrected chi connectivity index (χ2v) is 12.2.